The van der Waals surface area contributed by atoms with Gasteiger partial charge in [0, 0.05) is 34.9 Å². The number of benzene rings is 1. The number of amides is 2. The minimum atomic E-state index is -1.16. The molecule has 1 unspecified atom stereocenters. The molecule has 1 atom stereocenters. The SMILES string of the molecule is CC(C)(C)OC(=O)CCC(C(N)=O)N1Cc2c(ccc(-c3nccc(CO)c3F)c2F)C1=O. The highest BCUT2D eigenvalue weighted by Crippen LogP contribution is 2.34. The first-order valence-electron chi connectivity index (χ1n) is 10.3. The van der Waals surface area contributed by atoms with Gasteiger partial charge in [0.1, 0.15) is 23.2 Å². The van der Waals surface area contributed by atoms with Crippen molar-refractivity contribution in [2.45, 2.75) is 58.4 Å². The molecule has 1 aromatic carbocycles. The van der Waals surface area contributed by atoms with Crippen LogP contribution in [0.1, 0.15) is 55.1 Å². The standard InChI is InChI=1S/C23H25F2N3O5/c1-23(2,3)33-17(30)7-6-16(21(26)31)28-10-15-13(22(28)32)4-5-14(19(15)25)20-18(24)12(11-29)8-9-27-20/h4-5,8-9,16,29H,6-7,10-11H2,1-3H3,(H2,26,31). The number of ether oxygens (including phenoxy) is 1. The van der Waals surface area contributed by atoms with Gasteiger partial charge in [-0.05, 0) is 45.4 Å². The molecule has 0 saturated carbocycles. The molecule has 0 fully saturated rings. The summed E-state index contributed by atoms with van der Waals surface area (Å²) in [4.78, 5) is 42.0. The van der Waals surface area contributed by atoms with Crippen LogP contribution in [0.25, 0.3) is 11.3 Å². The first-order valence-corrected chi connectivity index (χ1v) is 10.3. The van der Waals surface area contributed by atoms with Crippen molar-refractivity contribution in [1.29, 1.82) is 0 Å². The second-order valence-corrected chi connectivity index (χ2v) is 8.72. The topological polar surface area (TPSA) is 123 Å². The Hall–Kier alpha value is -3.40. The largest absolute Gasteiger partial charge is 0.460 e. The van der Waals surface area contributed by atoms with Crippen LogP contribution >= 0.6 is 0 Å². The Bertz CT molecular complexity index is 1110. The monoisotopic (exact) mass is 461 g/mol. The normalized spacial score (nSPS) is 14.2. The summed E-state index contributed by atoms with van der Waals surface area (Å²) < 4.78 is 35.2. The molecule has 10 heteroatoms. The van der Waals surface area contributed by atoms with E-state index in [1.54, 1.807) is 20.8 Å². The third kappa shape index (κ3) is 5.00. The number of aliphatic hydroxyl groups excluding tert-OH is 1. The summed E-state index contributed by atoms with van der Waals surface area (Å²) in [6.07, 6.45) is 0.989. The first-order chi connectivity index (χ1) is 15.4. The predicted octanol–water partition coefficient (Wildman–Crippen LogP) is 2.45. The zero-order valence-corrected chi connectivity index (χ0v) is 18.5. The molecule has 1 aliphatic rings. The molecule has 33 heavy (non-hydrogen) atoms. The fourth-order valence-corrected chi connectivity index (χ4v) is 3.70. The number of rotatable bonds is 7. The van der Waals surface area contributed by atoms with Gasteiger partial charge in [-0.2, -0.15) is 0 Å². The molecule has 0 bridgehead atoms. The lowest BCUT2D eigenvalue weighted by Gasteiger charge is -2.25. The van der Waals surface area contributed by atoms with Gasteiger partial charge in [0.05, 0.1) is 13.2 Å². The fraction of sp³-hybridized carbons (Fsp3) is 0.391. The highest BCUT2D eigenvalue weighted by Gasteiger charge is 2.38. The number of nitrogens with zero attached hydrogens (tertiary/aromatic N) is 2. The molecule has 2 heterocycles. The number of aromatic nitrogens is 1. The number of carbonyl (C=O) groups is 3. The molecule has 0 spiro atoms. The molecular formula is C23H25F2N3O5. The molecule has 3 rings (SSSR count). The number of halogens is 2. The zero-order chi connectivity index (χ0) is 24.5. The Morgan fingerprint density at radius 1 is 1.21 bits per heavy atom. The van der Waals surface area contributed by atoms with Crippen LogP contribution in [0.2, 0.25) is 0 Å². The summed E-state index contributed by atoms with van der Waals surface area (Å²) >= 11 is 0. The number of pyridine rings is 1. The van der Waals surface area contributed by atoms with E-state index in [2.05, 4.69) is 4.98 Å². The number of hydrogen-bond acceptors (Lipinski definition) is 6. The zero-order valence-electron chi connectivity index (χ0n) is 18.5. The van der Waals surface area contributed by atoms with Gasteiger partial charge in [0.15, 0.2) is 5.82 Å². The molecule has 8 nitrogen and oxygen atoms in total. The van der Waals surface area contributed by atoms with Crippen LogP contribution in [0, 0.1) is 11.6 Å². The summed E-state index contributed by atoms with van der Waals surface area (Å²) in [5.41, 5.74) is 4.22. The quantitative estimate of drug-likeness (QED) is 0.611. The lowest BCUT2D eigenvalue weighted by molar-refractivity contribution is -0.155. The average Bonchev–Trinajstić information content (AvgIpc) is 3.05. The Morgan fingerprint density at radius 2 is 1.88 bits per heavy atom. The van der Waals surface area contributed by atoms with E-state index in [4.69, 9.17) is 10.5 Å². The van der Waals surface area contributed by atoms with Crippen molar-refractivity contribution in [3.8, 4) is 11.3 Å². The minimum absolute atomic E-state index is 0.0125. The summed E-state index contributed by atoms with van der Waals surface area (Å²) in [7, 11) is 0. The van der Waals surface area contributed by atoms with Crippen molar-refractivity contribution in [2.24, 2.45) is 5.73 Å². The van der Waals surface area contributed by atoms with Gasteiger partial charge in [-0.3, -0.25) is 19.4 Å². The number of nitrogens with two attached hydrogens (primary N) is 1. The van der Waals surface area contributed by atoms with E-state index in [0.717, 1.165) is 4.90 Å². The highest BCUT2D eigenvalue weighted by molar-refractivity contribution is 6.01. The van der Waals surface area contributed by atoms with Crippen LogP contribution in [0.5, 0.6) is 0 Å². The number of aliphatic hydroxyl groups is 1. The lowest BCUT2D eigenvalue weighted by atomic mass is 10.0. The molecule has 176 valence electrons. The number of esters is 1. The maximum atomic E-state index is 15.3. The second-order valence-electron chi connectivity index (χ2n) is 8.72. The molecule has 1 aliphatic heterocycles. The summed E-state index contributed by atoms with van der Waals surface area (Å²) in [5.74, 6) is -3.76. The maximum absolute atomic E-state index is 15.3. The smallest absolute Gasteiger partial charge is 0.306 e. The van der Waals surface area contributed by atoms with Gasteiger partial charge in [-0.15, -0.1) is 0 Å². The molecule has 0 saturated heterocycles. The van der Waals surface area contributed by atoms with E-state index >= 15 is 4.39 Å². The Labute approximate surface area is 189 Å². The van der Waals surface area contributed by atoms with Crippen LogP contribution in [-0.4, -0.2) is 44.4 Å². The summed E-state index contributed by atoms with van der Waals surface area (Å²) in [6, 6.07) is 2.67. The van der Waals surface area contributed by atoms with Crippen LogP contribution in [0.3, 0.4) is 0 Å². The van der Waals surface area contributed by atoms with Crippen LogP contribution in [-0.2, 0) is 27.5 Å². The Balaban J connectivity index is 1.88. The van der Waals surface area contributed by atoms with E-state index in [0.29, 0.717) is 0 Å². The highest BCUT2D eigenvalue weighted by atomic mass is 19.1. The van der Waals surface area contributed by atoms with E-state index < -0.39 is 47.7 Å². The average molecular weight is 461 g/mol. The van der Waals surface area contributed by atoms with Gasteiger partial charge < -0.3 is 20.5 Å². The third-order valence-corrected chi connectivity index (χ3v) is 5.20. The van der Waals surface area contributed by atoms with Crippen molar-refractivity contribution in [3.63, 3.8) is 0 Å². The van der Waals surface area contributed by atoms with Gasteiger partial charge >= 0.3 is 5.97 Å². The van der Waals surface area contributed by atoms with Crippen LogP contribution in [0.15, 0.2) is 24.4 Å². The Morgan fingerprint density at radius 3 is 2.48 bits per heavy atom. The summed E-state index contributed by atoms with van der Waals surface area (Å²) in [6.45, 7) is 4.23. The molecule has 2 aromatic rings. The lowest BCUT2D eigenvalue weighted by Crippen LogP contribution is -2.45. The molecular weight excluding hydrogens is 436 g/mol. The fourth-order valence-electron chi connectivity index (χ4n) is 3.70. The van der Waals surface area contributed by atoms with Crippen LogP contribution in [0.4, 0.5) is 8.78 Å². The summed E-state index contributed by atoms with van der Waals surface area (Å²) in [5, 5.41) is 9.26. The number of carbonyl (C=O) groups excluding carboxylic acids is 3. The van der Waals surface area contributed by atoms with Crippen molar-refractivity contribution < 1.29 is 33.0 Å². The van der Waals surface area contributed by atoms with Crippen LogP contribution < -0.4 is 5.73 Å². The number of fused-ring (bicyclic) bond motifs is 1. The van der Waals surface area contributed by atoms with Crippen molar-refractivity contribution >= 4 is 17.8 Å². The van der Waals surface area contributed by atoms with Gasteiger partial charge in [-0.25, -0.2) is 8.78 Å². The van der Waals surface area contributed by atoms with E-state index in [1.807, 2.05) is 0 Å². The maximum Gasteiger partial charge on any atom is 0.306 e. The number of hydrogen-bond donors (Lipinski definition) is 2. The van der Waals surface area contributed by atoms with E-state index in [1.165, 1.54) is 24.4 Å². The Kier molecular flexibility index (Phi) is 6.78. The molecule has 2 amide bonds. The predicted molar refractivity (Wildman–Crippen MR) is 113 cm³/mol. The van der Waals surface area contributed by atoms with Gasteiger partial charge in [-0.1, -0.05) is 0 Å². The van der Waals surface area contributed by atoms with Crippen molar-refractivity contribution in [2.75, 3.05) is 0 Å². The molecule has 0 radical (unpaired) electrons. The molecule has 1 aromatic heterocycles. The first kappa shape index (κ1) is 24.2. The second kappa shape index (κ2) is 9.22. The third-order valence-electron chi connectivity index (χ3n) is 5.20. The van der Waals surface area contributed by atoms with Gasteiger partial charge in [0.2, 0.25) is 5.91 Å². The molecule has 3 N–H and O–H groups in total. The number of primary amides is 1. The van der Waals surface area contributed by atoms with Crippen molar-refractivity contribution in [3.05, 3.63) is 52.7 Å². The molecule has 0 aliphatic carbocycles. The van der Waals surface area contributed by atoms with Crippen molar-refractivity contribution in [1.82, 2.24) is 9.88 Å². The minimum Gasteiger partial charge on any atom is -0.460 e. The van der Waals surface area contributed by atoms with E-state index in [9.17, 15) is 23.9 Å². The van der Waals surface area contributed by atoms with E-state index in [-0.39, 0.29) is 47.3 Å². The van der Waals surface area contributed by atoms with Gasteiger partial charge in [0.25, 0.3) is 5.91 Å².